The summed E-state index contributed by atoms with van der Waals surface area (Å²) in [5, 5.41) is 3.32. The fourth-order valence-electron chi connectivity index (χ4n) is 2.85. The molecular weight excluding hydrogens is 406 g/mol. The van der Waals surface area contributed by atoms with Gasteiger partial charge in [0.2, 0.25) is 17.8 Å². The summed E-state index contributed by atoms with van der Waals surface area (Å²) in [5.74, 6) is 1.70. The number of para-hydroxylation sites is 2. The topological polar surface area (TPSA) is 110 Å². The first-order valence-electron chi connectivity index (χ1n) is 9.58. The summed E-state index contributed by atoms with van der Waals surface area (Å²) in [6.07, 6.45) is 0. The number of ether oxygens (including phenoxy) is 1. The molecule has 1 aliphatic heterocycles. The number of thioether (sulfide) groups is 1. The molecule has 1 fully saturated rings. The lowest BCUT2D eigenvalue weighted by Crippen LogP contribution is -2.38. The number of hydrogen-bond acceptors (Lipinski definition) is 10. The van der Waals surface area contributed by atoms with E-state index < -0.39 is 0 Å². The van der Waals surface area contributed by atoms with E-state index in [4.69, 9.17) is 9.15 Å². The van der Waals surface area contributed by atoms with Crippen LogP contribution >= 0.6 is 11.8 Å². The number of carbonyl (C=O) groups is 1. The molecule has 0 bridgehead atoms. The molecule has 0 radical (unpaired) electrons. The van der Waals surface area contributed by atoms with E-state index in [1.165, 1.54) is 11.8 Å². The summed E-state index contributed by atoms with van der Waals surface area (Å²) < 4.78 is 11.0. The van der Waals surface area contributed by atoms with Crippen molar-refractivity contribution in [3.05, 3.63) is 30.1 Å². The molecule has 0 aliphatic carbocycles. The minimum atomic E-state index is -0.151. The van der Waals surface area contributed by atoms with Crippen LogP contribution in [-0.2, 0) is 16.1 Å². The van der Waals surface area contributed by atoms with Crippen LogP contribution in [0.4, 0.5) is 11.9 Å². The number of amides is 1. The summed E-state index contributed by atoms with van der Waals surface area (Å²) >= 11 is 1.25. The maximum atomic E-state index is 12.3. The number of nitrogens with one attached hydrogen (secondary N) is 1. The monoisotopic (exact) mass is 429 g/mol. The van der Waals surface area contributed by atoms with Crippen molar-refractivity contribution in [1.29, 1.82) is 0 Å². The molecule has 2 aromatic heterocycles. The number of aromatic nitrogens is 4. The second-order valence-electron chi connectivity index (χ2n) is 6.86. The number of carbonyl (C=O) groups excluding carboxylic acids is 1. The van der Waals surface area contributed by atoms with Crippen molar-refractivity contribution >= 4 is 40.7 Å². The van der Waals surface area contributed by atoms with Gasteiger partial charge in [0.1, 0.15) is 5.52 Å². The van der Waals surface area contributed by atoms with Crippen molar-refractivity contribution in [3.8, 4) is 0 Å². The lowest BCUT2D eigenvalue weighted by molar-refractivity contribution is -0.118. The molecule has 0 unspecified atom stereocenters. The van der Waals surface area contributed by atoms with E-state index in [0.717, 1.165) is 18.6 Å². The van der Waals surface area contributed by atoms with Crippen molar-refractivity contribution in [1.82, 2.24) is 25.3 Å². The van der Waals surface area contributed by atoms with Gasteiger partial charge in [0.15, 0.2) is 11.4 Å². The van der Waals surface area contributed by atoms with E-state index in [1.54, 1.807) is 0 Å². The third-order valence-corrected chi connectivity index (χ3v) is 5.22. The Morgan fingerprint density at radius 2 is 1.97 bits per heavy atom. The van der Waals surface area contributed by atoms with Crippen LogP contribution in [0.1, 0.15) is 5.82 Å². The van der Waals surface area contributed by atoms with Gasteiger partial charge < -0.3 is 24.3 Å². The highest BCUT2D eigenvalue weighted by molar-refractivity contribution is 7.99. The molecule has 30 heavy (non-hydrogen) atoms. The van der Waals surface area contributed by atoms with Crippen LogP contribution in [0, 0.1) is 0 Å². The number of fused-ring (bicyclic) bond motifs is 1. The van der Waals surface area contributed by atoms with Crippen molar-refractivity contribution in [2.24, 2.45) is 0 Å². The molecule has 3 heterocycles. The molecule has 0 spiro atoms. The van der Waals surface area contributed by atoms with Crippen LogP contribution in [0.25, 0.3) is 11.1 Å². The number of nitrogens with zero attached hydrogens (tertiary/aromatic N) is 6. The van der Waals surface area contributed by atoms with Gasteiger partial charge in [-0.05, 0) is 12.1 Å². The summed E-state index contributed by atoms with van der Waals surface area (Å²) in [6.45, 7) is 2.95. The molecule has 1 N–H and O–H groups in total. The normalized spacial score (nSPS) is 14.1. The zero-order valence-electron chi connectivity index (χ0n) is 16.9. The number of oxazole rings is 1. The predicted octanol–water partition coefficient (Wildman–Crippen LogP) is 1.32. The Morgan fingerprint density at radius 1 is 1.17 bits per heavy atom. The highest BCUT2D eigenvalue weighted by Gasteiger charge is 2.17. The standard InChI is InChI=1S/C19H23N7O3S/c1-25(2)17-22-15(23-18(24-17)26-7-9-28-10-8-26)11-20-16(27)12-30-19-21-13-5-3-4-6-14(13)29-19/h3-6H,7-12H2,1-2H3,(H,20,27). The quantitative estimate of drug-likeness (QED) is 0.552. The number of anilines is 2. The van der Waals surface area contributed by atoms with Gasteiger partial charge in [-0.1, -0.05) is 23.9 Å². The lowest BCUT2D eigenvalue weighted by Gasteiger charge is -2.27. The Bertz CT molecular complexity index is 987. The fourth-order valence-corrected chi connectivity index (χ4v) is 3.52. The van der Waals surface area contributed by atoms with Gasteiger partial charge in [-0.2, -0.15) is 15.0 Å². The summed E-state index contributed by atoms with van der Waals surface area (Å²) in [7, 11) is 3.75. The molecule has 158 valence electrons. The Balaban J connectivity index is 1.36. The maximum absolute atomic E-state index is 12.3. The van der Waals surface area contributed by atoms with Gasteiger partial charge in [0, 0.05) is 27.2 Å². The molecule has 0 atom stereocenters. The van der Waals surface area contributed by atoms with Crippen LogP contribution in [0.15, 0.2) is 33.9 Å². The van der Waals surface area contributed by atoms with Crippen molar-refractivity contribution < 1.29 is 13.9 Å². The maximum Gasteiger partial charge on any atom is 0.257 e. The van der Waals surface area contributed by atoms with Gasteiger partial charge in [-0.25, -0.2) is 4.98 Å². The van der Waals surface area contributed by atoms with Gasteiger partial charge in [-0.15, -0.1) is 0 Å². The Labute approximate surface area is 178 Å². The zero-order chi connectivity index (χ0) is 20.9. The van der Waals surface area contributed by atoms with E-state index in [-0.39, 0.29) is 18.2 Å². The number of morpholine rings is 1. The Morgan fingerprint density at radius 3 is 2.73 bits per heavy atom. The molecule has 1 amide bonds. The Hall–Kier alpha value is -2.92. The van der Waals surface area contributed by atoms with Crippen LogP contribution in [0.3, 0.4) is 0 Å². The van der Waals surface area contributed by atoms with E-state index in [1.807, 2.05) is 43.3 Å². The SMILES string of the molecule is CN(C)c1nc(CNC(=O)CSc2nc3ccccc3o2)nc(N2CCOCC2)n1. The highest BCUT2D eigenvalue weighted by atomic mass is 32.2. The average Bonchev–Trinajstić information content (AvgIpc) is 3.20. The van der Waals surface area contributed by atoms with Crippen molar-refractivity contribution in [2.75, 3.05) is 56.0 Å². The summed E-state index contributed by atoms with van der Waals surface area (Å²) in [6, 6.07) is 7.50. The van der Waals surface area contributed by atoms with Gasteiger partial charge in [0.05, 0.1) is 25.5 Å². The average molecular weight is 430 g/mol. The third-order valence-electron chi connectivity index (χ3n) is 4.40. The first-order valence-corrected chi connectivity index (χ1v) is 10.6. The van der Waals surface area contributed by atoms with Crippen LogP contribution in [0.2, 0.25) is 0 Å². The third kappa shape index (κ3) is 4.97. The Kier molecular flexibility index (Phi) is 6.29. The first-order chi connectivity index (χ1) is 14.6. The van der Waals surface area contributed by atoms with E-state index in [0.29, 0.717) is 41.7 Å². The van der Waals surface area contributed by atoms with Crippen LogP contribution in [0.5, 0.6) is 0 Å². The first kappa shape index (κ1) is 20.4. The number of hydrogen-bond donors (Lipinski definition) is 1. The molecule has 10 nitrogen and oxygen atoms in total. The van der Waals surface area contributed by atoms with E-state index >= 15 is 0 Å². The number of benzene rings is 1. The largest absolute Gasteiger partial charge is 0.431 e. The van der Waals surface area contributed by atoms with Crippen LogP contribution < -0.4 is 15.1 Å². The molecular formula is C19H23N7O3S. The van der Waals surface area contributed by atoms with Gasteiger partial charge in [0.25, 0.3) is 5.22 Å². The second-order valence-corrected chi connectivity index (χ2v) is 7.78. The lowest BCUT2D eigenvalue weighted by atomic mass is 10.3. The minimum Gasteiger partial charge on any atom is -0.431 e. The second kappa shape index (κ2) is 9.26. The zero-order valence-corrected chi connectivity index (χ0v) is 17.7. The molecule has 1 aromatic carbocycles. The molecule has 4 rings (SSSR count). The van der Waals surface area contributed by atoms with Gasteiger partial charge >= 0.3 is 0 Å². The number of rotatable bonds is 7. The summed E-state index contributed by atoms with van der Waals surface area (Å²) in [5.41, 5.74) is 1.48. The smallest absolute Gasteiger partial charge is 0.257 e. The molecule has 0 saturated carbocycles. The van der Waals surface area contributed by atoms with E-state index in [2.05, 4.69) is 30.2 Å². The fraction of sp³-hybridized carbons (Fsp3) is 0.421. The molecule has 1 aliphatic rings. The van der Waals surface area contributed by atoms with Crippen molar-refractivity contribution in [2.45, 2.75) is 11.8 Å². The highest BCUT2D eigenvalue weighted by Crippen LogP contribution is 2.22. The van der Waals surface area contributed by atoms with Gasteiger partial charge in [-0.3, -0.25) is 4.79 Å². The molecule has 1 saturated heterocycles. The van der Waals surface area contributed by atoms with Crippen LogP contribution in [-0.4, -0.2) is 72.0 Å². The molecule has 11 heteroatoms. The predicted molar refractivity (Wildman–Crippen MR) is 114 cm³/mol. The minimum absolute atomic E-state index is 0.151. The summed E-state index contributed by atoms with van der Waals surface area (Å²) in [4.78, 5) is 34.0. The molecule has 3 aromatic rings. The van der Waals surface area contributed by atoms with Crippen molar-refractivity contribution in [3.63, 3.8) is 0 Å². The van der Waals surface area contributed by atoms with E-state index in [9.17, 15) is 4.79 Å².